The second kappa shape index (κ2) is 17.8. The van der Waals surface area contributed by atoms with Gasteiger partial charge < -0.3 is 29.9 Å². The van der Waals surface area contributed by atoms with E-state index in [-0.39, 0.29) is 48.5 Å². The molecule has 0 radical (unpaired) electrons. The predicted molar refractivity (Wildman–Crippen MR) is 185 cm³/mol. The lowest BCUT2D eigenvalue weighted by atomic mass is 10.0. The Morgan fingerprint density at radius 1 is 1.02 bits per heavy atom. The zero-order chi connectivity index (χ0) is 34.6. The molecule has 48 heavy (non-hydrogen) atoms. The van der Waals surface area contributed by atoms with E-state index in [1.807, 2.05) is 63.4 Å². The Kier molecular flexibility index (Phi) is 13.5. The van der Waals surface area contributed by atoms with E-state index >= 15 is 0 Å². The molecule has 2 amide bonds. The predicted octanol–water partition coefficient (Wildman–Crippen LogP) is 5.49. The van der Waals surface area contributed by atoms with E-state index in [9.17, 15) is 24.6 Å². The summed E-state index contributed by atoms with van der Waals surface area (Å²) in [6, 6.07) is 21.0. The highest BCUT2D eigenvalue weighted by atomic mass is 16.5. The number of aliphatic hydroxyl groups excluding tert-OH is 1. The van der Waals surface area contributed by atoms with Gasteiger partial charge in [-0.25, -0.2) is 4.79 Å². The van der Waals surface area contributed by atoms with Crippen molar-refractivity contribution < 1.29 is 34.1 Å². The van der Waals surface area contributed by atoms with Gasteiger partial charge in [0.2, 0.25) is 5.91 Å². The minimum atomic E-state index is -0.958. The fraction of sp³-hybridized carbons (Fsp3) is 0.447. The van der Waals surface area contributed by atoms with Gasteiger partial charge in [-0.2, -0.15) is 0 Å². The maximum Gasteiger partial charge on any atom is 0.335 e. The number of carbonyl (C=O) groups is 3. The van der Waals surface area contributed by atoms with Crippen LogP contribution in [0, 0.1) is 5.92 Å². The van der Waals surface area contributed by atoms with Crippen molar-refractivity contribution >= 4 is 23.5 Å². The number of aromatic carboxylic acids is 1. The van der Waals surface area contributed by atoms with Gasteiger partial charge in [0, 0.05) is 37.8 Å². The number of benzene rings is 3. The molecule has 0 saturated carbocycles. The van der Waals surface area contributed by atoms with E-state index in [0.29, 0.717) is 43.2 Å². The molecule has 4 atom stereocenters. The second-order valence-electron chi connectivity index (χ2n) is 12.9. The number of amides is 2. The molecule has 0 aliphatic carbocycles. The van der Waals surface area contributed by atoms with Gasteiger partial charge in [0.15, 0.2) is 0 Å². The van der Waals surface area contributed by atoms with Gasteiger partial charge in [-0.3, -0.25) is 14.5 Å². The van der Waals surface area contributed by atoms with Crippen molar-refractivity contribution in [3.05, 3.63) is 95.1 Å². The molecule has 0 aromatic heterocycles. The number of aliphatic hydroxyl groups is 1. The summed E-state index contributed by atoms with van der Waals surface area (Å²) < 4.78 is 12.8. The standard InChI is InChI=1S/C38H49N3O7/c1-26-22-41(27(2)25-42)37(44)33-21-32(39-36(43)20-29-11-6-5-7-12-29)17-18-34(33)48-28(3)10-8-9-19-47-35(26)24-40(4)23-30-13-15-31(16-14-30)38(45)46/h5-7,11-18,21,26-28,35,42H,8-10,19-20,22-25H2,1-4H3,(H,39,43)(H,45,46)/t26-,27-,28+,35-/m1/s1. The van der Waals surface area contributed by atoms with Gasteiger partial charge in [-0.1, -0.05) is 49.4 Å². The fourth-order valence-corrected chi connectivity index (χ4v) is 5.89. The zero-order valence-corrected chi connectivity index (χ0v) is 28.4. The number of rotatable bonds is 10. The molecule has 0 fully saturated rings. The summed E-state index contributed by atoms with van der Waals surface area (Å²) in [5, 5.41) is 22.4. The Bertz CT molecular complexity index is 1500. The van der Waals surface area contributed by atoms with Crippen LogP contribution in [0.2, 0.25) is 0 Å². The Hall–Kier alpha value is -4.25. The number of hydrogen-bond acceptors (Lipinski definition) is 7. The maximum absolute atomic E-state index is 14.4. The van der Waals surface area contributed by atoms with Crippen molar-refractivity contribution in [1.82, 2.24) is 9.80 Å². The third-order valence-corrected chi connectivity index (χ3v) is 8.69. The minimum absolute atomic E-state index is 0.0974. The Labute approximate surface area is 283 Å². The molecule has 258 valence electrons. The molecule has 3 aromatic carbocycles. The molecular weight excluding hydrogens is 610 g/mol. The van der Waals surface area contributed by atoms with Crippen LogP contribution >= 0.6 is 0 Å². The number of carboxylic acid groups (broad SMARTS) is 1. The first kappa shape index (κ1) is 36.6. The highest BCUT2D eigenvalue weighted by Gasteiger charge is 2.30. The Morgan fingerprint density at radius 2 is 1.75 bits per heavy atom. The van der Waals surface area contributed by atoms with Crippen LogP contribution < -0.4 is 10.1 Å². The number of anilines is 1. The van der Waals surface area contributed by atoms with Crippen LogP contribution in [0.15, 0.2) is 72.8 Å². The van der Waals surface area contributed by atoms with Crippen molar-refractivity contribution in [1.29, 1.82) is 0 Å². The summed E-state index contributed by atoms with van der Waals surface area (Å²) in [6.07, 6.45) is 2.35. The van der Waals surface area contributed by atoms with E-state index in [1.54, 1.807) is 35.2 Å². The van der Waals surface area contributed by atoms with E-state index in [1.165, 1.54) is 0 Å². The molecule has 10 heteroatoms. The average molecular weight is 660 g/mol. The molecule has 3 N–H and O–H groups in total. The van der Waals surface area contributed by atoms with Crippen LogP contribution in [0.5, 0.6) is 5.75 Å². The van der Waals surface area contributed by atoms with Gasteiger partial charge in [-0.05, 0) is 81.6 Å². The minimum Gasteiger partial charge on any atom is -0.490 e. The number of likely N-dealkylation sites (N-methyl/N-ethyl adjacent to an activating group) is 1. The second-order valence-corrected chi connectivity index (χ2v) is 12.9. The van der Waals surface area contributed by atoms with Gasteiger partial charge in [0.25, 0.3) is 5.91 Å². The first-order valence-corrected chi connectivity index (χ1v) is 16.7. The zero-order valence-electron chi connectivity index (χ0n) is 28.4. The van der Waals surface area contributed by atoms with Crippen LogP contribution in [0.4, 0.5) is 5.69 Å². The van der Waals surface area contributed by atoms with Crippen molar-refractivity contribution in [3.8, 4) is 5.75 Å². The molecule has 0 bridgehead atoms. The lowest BCUT2D eigenvalue weighted by molar-refractivity contribution is -0.115. The number of ether oxygens (including phenoxy) is 2. The van der Waals surface area contributed by atoms with Crippen molar-refractivity contribution in [2.24, 2.45) is 5.92 Å². The lowest BCUT2D eigenvalue weighted by Crippen LogP contribution is -2.47. The summed E-state index contributed by atoms with van der Waals surface area (Å²) in [5.41, 5.74) is 2.93. The van der Waals surface area contributed by atoms with Gasteiger partial charge in [-0.15, -0.1) is 0 Å². The first-order chi connectivity index (χ1) is 23.0. The van der Waals surface area contributed by atoms with E-state index in [4.69, 9.17) is 9.47 Å². The number of nitrogens with zero attached hydrogens (tertiary/aromatic N) is 2. The van der Waals surface area contributed by atoms with Gasteiger partial charge in [0.1, 0.15) is 5.75 Å². The topological polar surface area (TPSA) is 129 Å². The van der Waals surface area contributed by atoms with E-state index in [2.05, 4.69) is 17.1 Å². The van der Waals surface area contributed by atoms with Crippen LogP contribution in [-0.4, -0.2) is 89.4 Å². The Morgan fingerprint density at radius 3 is 2.44 bits per heavy atom. The normalized spacial score (nSPS) is 19.9. The van der Waals surface area contributed by atoms with Crippen molar-refractivity contribution in [2.45, 2.75) is 71.2 Å². The molecule has 3 aromatic rings. The summed E-state index contributed by atoms with van der Waals surface area (Å²) >= 11 is 0. The molecule has 0 saturated heterocycles. The van der Waals surface area contributed by atoms with Gasteiger partial charge >= 0.3 is 5.97 Å². The van der Waals surface area contributed by atoms with Gasteiger partial charge in [0.05, 0.1) is 42.4 Å². The smallest absolute Gasteiger partial charge is 0.335 e. The first-order valence-electron chi connectivity index (χ1n) is 16.7. The average Bonchev–Trinajstić information content (AvgIpc) is 3.06. The number of fused-ring (bicyclic) bond motifs is 1. The number of nitrogens with one attached hydrogen (secondary N) is 1. The number of carboxylic acids is 1. The quantitative estimate of drug-likeness (QED) is 0.261. The monoisotopic (exact) mass is 659 g/mol. The molecule has 1 heterocycles. The number of carbonyl (C=O) groups excluding carboxylic acids is 2. The van der Waals surface area contributed by atoms with Crippen LogP contribution in [-0.2, 0) is 22.5 Å². The Balaban J connectivity index is 1.57. The molecular formula is C38H49N3O7. The highest BCUT2D eigenvalue weighted by molar-refractivity contribution is 6.00. The lowest BCUT2D eigenvalue weighted by Gasteiger charge is -2.36. The molecule has 10 nitrogen and oxygen atoms in total. The van der Waals surface area contributed by atoms with Crippen LogP contribution in [0.3, 0.4) is 0 Å². The van der Waals surface area contributed by atoms with E-state index in [0.717, 1.165) is 30.4 Å². The third kappa shape index (κ3) is 10.6. The SMILES string of the molecule is C[C@@H]1CN([C@H](C)CO)C(=O)c2cc(NC(=O)Cc3ccccc3)ccc2O[C@@H](C)CCCCO[C@@H]1CN(C)Cc1ccc(C(=O)O)cc1. The van der Waals surface area contributed by atoms with Crippen LogP contribution in [0.1, 0.15) is 71.9 Å². The summed E-state index contributed by atoms with van der Waals surface area (Å²) in [4.78, 5) is 42.3. The highest BCUT2D eigenvalue weighted by Crippen LogP contribution is 2.29. The van der Waals surface area contributed by atoms with Crippen LogP contribution in [0.25, 0.3) is 0 Å². The largest absolute Gasteiger partial charge is 0.490 e. The summed E-state index contributed by atoms with van der Waals surface area (Å²) in [5.74, 6) is -1.11. The molecule has 0 unspecified atom stereocenters. The summed E-state index contributed by atoms with van der Waals surface area (Å²) in [7, 11) is 1.99. The number of hydrogen-bond donors (Lipinski definition) is 3. The molecule has 1 aliphatic rings. The van der Waals surface area contributed by atoms with Crippen molar-refractivity contribution in [2.75, 3.05) is 38.7 Å². The molecule has 0 spiro atoms. The third-order valence-electron chi connectivity index (χ3n) is 8.69. The maximum atomic E-state index is 14.4. The molecule has 1 aliphatic heterocycles. The molecule has 4 rings (SSSR count). The van der Waals surface area contributed by atoms with Crippen molar-refractivity contribution in [3.63, 3.8) is 0 Å². The fourth-order valence-electron chi connectivity index (χ4n) is 5.89. The van der Waals surface area contributed by atoms with E-state index < -0.39 is 12.0 Å². The summed E-state index contributed by atoms with van der Waals surface area (Å²) in [6.45, 7) is 7.69.